The van der Waals surface area contributed by atoms with Crippen molar-refractivity contribution < 1.29 is 24.2 Å². The first-order valence-electron chi connectivity index (χ1n) is 16.9. The first-order valence-corrected chi connectivity index (χ1v) is 16.9. The van der Waals surface area contributed by atoms with Crippen LogP contribution in [0, 0.1) is 0 Å². The monoisotopic (exact) mass is 586 g/mol. The van der Waals surface area contributed by atoms with Gasteiger partial charge in [0.1, 0.15) is 6.61 Å². The van der Waals surface area contributed by atoms with E-state index < -0.39 is 6.10 Å². The summed E-state index contributed by atoms with van der Waals surface area (Å²) in [6, 6.07) is 0. The third kappa shape index (κ3) is 30.6. The smallest absolute Gasteiger partial charge is 0.306 e. The van der Waals surface area contributed by atoms with E-state index in [0.717, 1.165) is 70.6 Å². The standard InChI is InChI=1S/C37H62O5/c1-3-5-7-9-11-13-15-17-18-20-22-24-26-28-30-32-37(40)42-35(33-38)34-41-36(39)31-29-27-25-23-21-19-16-14-12-10-8-6-4-2/h6,8,10-17,35,38H,3-5,7,9,18-34H2,1-2H3/b8-6+,12-10+,13-11+,16-14+,17-15+. The highest BCUT2D eigenvalue weighted by Gasteiger charge is 2.16. The number of aliphatic hydroxyl groups is 1. The summed E-state index contributed by atoms with van der Waals surface area (Å²) in [7, 11) is 0. The van der Waals surface area contributed by atoms with Gasteiger partial charge in [-0.15, -0.1) is 0 Å². The van der Waals surface area contributed by atoms with Gasteiger partial charge in [-0.2, -0.15) is 0 Å². The number of carbonyl (C=O) groups is 2. The zero-order valence-corrected chi connectivity index (χ0v) is 27.0. The van der Waals surface area contributed by atoms with Crippen LogP contribution >= 0.6 is 0 Å². The molecule has 1 N–H and O–H groups in total. The van der Waals surface area contributed by atoms with Crippen molar-refractivity contribution in [3.63, 3.8) is 0 Å². The van der Waals surface area contributed by atoms with Crippen LogP contribution in [0.3, 0.4) is 0 Å². The van der Waals surface area contributed by atoms with Crippen LogP contribution in [0.5, 0.6) is 0 Å². The van der Waals surface area contributed by atoms with Crippen LogP contribution in [0.25, 0.3) is 0 Å². The molecule has 1 atom stereocenters. The maximum atomic E-state index is 12.1. The lowest BCUT2D eigenvalue weighted by Crippen LogP contribution is -2.28. The van der Waals surface area contributed by atoms with E-state index >= 15 is 0 Å². The molecule has 0 radical (unpaired) electrons. The molecule has 0 bridgehead atoms. The number of aliphatic hydroxyl groups excluding tert-OH is 1. The predicted molar refractivity (Wildman–Crippen MR) is 177 cm³/mol. The van der Waals surface area contributed by atoms with E-state index in [-0.39, 0.29) is 25.2 Å². The lowest BCUT2D eigenvalue weighted by Gasteiger charge is -2.15. The topological polar surface area (TPSA) is 72.8 Å². The average molecular weight is 587 g/mol. The number of hydrogen-bond donors (Lipinski definition) is 1. The van der Waals surface area contributed by atoms with Crippen LogP contribution in [-0.4, -0.2) is 36.4 Å². The van der Waals surface area contributed by atoms with E-state index in [2.05, 4.69) is 68.5 Å². The molecule has 0 fully saturated rings. The summed E-state index contributed by atoms with van der Waals surface area (Å²) in [6.45, 7) is 3.92. The molecule has 5 heteroatoms. The molecule has 0 aromatic carbocycles. The number of hydrogen-bond acceptors (Lipinski definition) is 5. The van der Waals surface area contributed by atoms with E-state index in [4.69, 9.17) is 9.47 Å². The fourth-order valence-electron chi connectivity index (χ4n) is 4.31. The molecule has 42 heavy (non-hydrogen) atoms. The summed E-state index contributed by atoms with van der Waals surface area (Å²) in [4.78, 5) is 24.1. The second-order valence-electron chi connectivity index (χ2n) is 10.9. The van der Waals surface area contributed by atoms with Gasteiger partial charge in [0, 0.05) is 12.8 Å². The Bertz CT molecular complexity index is 762. The van der Waals surface area contributed by atoms with E-state index in [1.165, 1.54) is 44.9 Å². The van der Waals surface area contributed by atoms with Crippen molar-refractivity contribution in [2.24, 2.45) is 0 Å². The quantitative estimate of drug-likeness (QED) is 0.0536. The number of ether oxygens (including phenoxy) is 2. The van der Waals surface area contributed by atoms with Gasteiger partial charge in [0.15, 0.2) is 6.10 Å². The summed E-state index contributed by atoms with van der Waals surface area (Å²) in [5.41, 5.74) is 0. The maximum Gasteiger partial charge on any atom is 0.306 e. The summed E-state index contributed by atoms with van der Waals surface area (Å²) < 4.78 is 10.5. The van der Waals surface area contributed by atoms with Gasteiger partial charge < -0.3 is 14.6 Å². The van der Waals surface area contributed by atoms with Crippen molar-refractivity contribution >= 4 is 11.9 Å². The first-order chi connectivity index (χ1) is 20.6. The van der Waals surface area contributed by atoms with Gasteiger partial charge in [-0.05, 0) is 57.8 Å². The number of esters is 2. The molecular weight excluding hydrogens is 524 g/mol. The SMILES string of the molecule is CC/C=C/C=C/C=C/CCCCCCCC(=O)OCC(CO)OC(=O)CCCCCCCC/C=C/C=C/CCCCC. The minimum absolute atomic E-state index is 0.0841. The molecule has 0 aliphatic rings. The second-order valence-corrected chi connectivity index (χ2v) is 10.9. The molecule has 0 spiro atoms. The summed E-state index contributed by atoms with van der Waals surface area (Å²) >= 11 is 0. The van der Waals surface area contributed by atoms with Crippen LogP contribution in [0.15, 0.2) is 60.8 Å². The lowest BCUT2D eigenvalue weighted by molar-refractivity contribution is -0.161. The van der Waals surface area contributed by atoms with Crippen molar-refractivity contribution in [2.45, 2.75) is 148 Å². The molecule has 0 aromatic rings. The number of carbonyl (C=O) groups excluding carboxylic acids is 2. The van der Waals surface area contributed by atoms with Gasteiger partial charge in [0.05, 0.1) is 6.61 Å². The molecule has 0 saturated heterocycles. The zero-order valence-electron chi connectivity index (χ0n) is 27.0. The molecule has 0 aliphatic carbocycles. The van der Waals surface area contributed by atoms with E-state index in [1.807, 2.05) is 6.08 Å². The molecule has 0 amide bonds. The predicted octanol–water partition coefficient (Wildman–Crippen LogP) is 10.1. The third-order valence-corrected chi connectivity index (χ3v) is 6.88. The van der Waals surface area contributed by atoms with Gasteiger partial charge in [0.2, 0.25) is 0 Å². The highest BCUT2D eigenvalue weighted by Crippen LogP contribution is 2.11. The fourth-order valence-corrected chi connectivity index (χ4v) is 4.31. The molecule has 5 nitrogen and oxygen atoms in total. The maximum absolute atomic E-state index is 12.1. The van der Waals surface area contributed by atoms with E-state index in [1.54, 1.807) is 0 Å². The van der Waals surface area contributed by atoms with Crippen LogP contribution in [0.4, 0.5) is 0 Å². The fraction of sp³-hybridized carbons (Fsp3) is 0.676. The Hall–Kier alpha value is -2.40. The van der Waals surface area contributed by atoms with Crippen molar-refractivity contribution in [3.8, 4) is 0 Å². The minimum atomic E-state index is -0.786. The number of unbranched alkanes of at least 4 members (excludes halogenated alkanes) is 14. The van der Waals surface area contributed by atoms with Gasteiger partial charge in [0.25, 0.3) is 0 Å². The van der Waals surface area contributed by atoms with Crippen molar-refractivity contribution in [1.82, 2.24) is 0 Å². The summed E-state index contributed by atoms with van der Waals surface area (Å²) in [6.07, 6.45) is 41.2. The zero-order chi connectivity index (χ0) is 30.8. The molecule has 0 aliphatic heterocycles. The number of rotatable bonds is 29. The Labute approximate surface area is 258 Å². The molecule has 0 aromatic heterocycles. The van der Waals surface area contributed by atoms with Gasteiger partial charge >= 0.3 is 11.9 Å². The van der Waals surface area contributed by atoms with Gasteiger partial charge in [-0.25, -0.2) is 0 Å². The molecule has 0 rings (SSSR count). The summed E-state index contributed by atoms with van der Waals surface area (Å²) in [5, 5.41) is 9.50. The molecular formula is C37H62O5. The van der Waals surface area contributed by atoms with E-state index in [9.17, 15) is 14.7 Å². The van der Waals surface area contributed by atoms with Crippen molar-refractivity contribution in [1.29, 1.82) is 0 Å². The van der Waals surface area contributed by atoms with Crippen molar-refractivity contribution in [2.75, 3.05) is 13.2 Å². The Morgan fingerprint density at radius 1 is 0.571 bits per heavy atom. The largest absolute Gasteiger partial charge is 0.462 e. The highest BCUT2D eigenvalue weighted by atomic mass is 16.6. The summed E-state index contributed by atoms with van der Waals surface area (Å²) in [5.74, 6) is -0.636. The number of allylic oxidation sites excluding steroid dienone is 10. The Morgan fingerprint density at radius 3 is 1.55 bits per heavy atom. The van der Waals surface area contributed by atoms with Gasteiger partial charge in [-0.3, -0.25) is 9.59 Å². The van der Waals surface area contributed by atoms with Gasteiger partial charge in [-0.1, -0.05) is 132 Å². The van der Waals surface area contributed by atoms with Crippen LogP contribution in [0.2, 0.25) is 0 Å². The van der Waals surface area contributed by atoms with E-state index in [0.29, 0.717) is 12.8 Å². The first kappa shape index (κ1) is 39.6. The Morgan fingerprint density at radius 2 is 1.02 bits per heavy atom. The van der Waals surface area contributed by atoms with Crippen molar-refractivity contribution in [3.05, 3.63) is 60.8 Å². The second kappa shape index (κ2) is 33.1. The molecule has 0 saturated carbocycles. The molecule has 1 unspecified atom stereocenters. The molecule has 240 valence electrons. The van der Waals surface area contributed by atoms with Crippen LogP contribution in [0.1, 0.15) is 142 Å². The average Bonchev–Trinajstić information content (AvgIpc) is 2.99. The molecule has 0 heterocycles. The van der Waals surface area contributed by atoms with Crippen LogP contribution < -0.4 is 0 Å². The third-order valence-electron chi connectivity index (χ3n) is 6.88. The lowest BCUT2D eigenvalue weighted by atomic mass is 10.1. The highest BCUT2D eigenvalue weighted by molar-refractivity contribution is 5.70. The Balaban J connectivity index is 3.66. The Kier molecular flexibility index (Phi) is 31.2. The van der Waals surface area contributed by atoms with Crippen LogP contribution in [-0.2, 0) is 19.1 Å². The normalized spacial score (nSPS) is 12.9. The minimum Gasteiger partial charge on any atom is -0.462 e.